The number of amides is 1. The molecule has 0 aromatic heterocycles. The van der Waals surface area contributed by atoms with E-state index in [-0.39, 0.29) is 11.2 Å². The van der Waals surface area contributed by atoms with Gasteiger partial charge in [-0.05, 0) is 43.2 Å². The summed E-state index contributed by atoms with van der Waals surface area (Å²) in [4.78, 5) is 12.1. The van der Waals surface area contributed by atoms with Crippen molar-refractivity contribution >= 4 is 23.4 Å². The Labute approximate surface area is 112 Å². The van der Waals surface area contributed by atoms with Crippen molar-refractivity contribution in [2.24, 2.45) is 0 Å². The molecule has 1 N–H and O–H groups in total. The summed E-state index contributed by atoms with van der Waals surface area (Å²) in [6.07, 6.45) is 3.28. The lowest BCUT2D eigenvalue weighted by Gasteiger charge is -2.21. The number of nitriles is 1. The molecule has 1 aliphatic rings. The smallest absolute Gasteiger partial charge is 0.237 e. The highest BCUT2D eigenvalue weighted by Gasteiger charge is 2.22. The molecule has 0 saturated carbocycles. The van der Waals surface area contributed by atoms with Gasteiger partial charge in [0, 0.05) is 5.69 Å². The number of carbonyl (C=O) groups excluding carboxylic acids is 1. The third kappa shape index (κ3) is 3.05. The quantitative estimate of drug-likeness (QED) is 0.889. The van der Waals surface area contributed by atoms with Gasteiger partial charge in [0.2, 0.25) is 5.91 Å². The average molecular weight is 260 g/mol. The molecule has 0 spiro atoms. The fourth-order valence-electron chi connectivity index (χ4n) is 1.99. The maximum absolute atomic E-state index is 12.1. The third-order valence-electron chi connectivity index (χ3n) is 3.10. The van der Waals surface area contributed by atoms with Crippen LogP contribution in [-0.4, -0.2) is 16.9 Å². The summed E-state index contributed by atoms with van der Waals surface area (Å²) in [5, 5.41) is 11.9. The van der Waals surface area contributed by atoms with E-state index in [1.807, 2.05) is 13.0 Å². The van der Waals surface area contributed by atoms with Gasteiger partial charge < -0.3 is 5.32 Å². The Morgan fingerprint density at radius 3 is 3.00 bits per heavy atom. The lowest BCUT2D eigenvalue weighted by Crippen LogP contribution is -2.27. The molecule has 1 unspecified atom stereocenters. The molecular weight excluding hydrogens is 244 g/mol. The van der Waals surface area contributed by atoms with E-state index in [1.165, 1.54) is 6.42 Å². The number of hydrogen-bond donors (Lipinski definition) is 1. The molecule has 1 fully saturated rings. The zero-order chi connectivity index (χ0) is 13.0. The maximum atomic E-state index is 12.1. The van der Waals surface area contributed by atoms with Gasteiger partial charge in [0.05, 0.1) is 16.9 Å². The largest absolute Gasteiger partial charge is 0.325 e. The molecule has 1 amide bonds. The highest BCUT2D eigenvalue weighted by atomic mass is 32.2. The Hall–Kier alpha value is -1.47. The average Bonchev–Trinajstić information content (AvgIpc) is 2.42. The second-order valence-electron chi connectivity index (χ2n) is 4.49. The van der Waals surface area contributed by atoms with Gasteiger partial charge in [0.15, 0.2) is 0 Å². The van der Waals surface area contributed by atoms with Gasteiger partial charge in [-0.3, -0.25) is 4.79 Å². The molecule has 0 bridgehead atoms. The number of nitrogens with zero attached hydrogens (tertiary/aromatic N) is 1. The maximum Gasteiger partial charge on any atom is 0.237 e. The van der Waals surface area contributed by atoms with Crippen LogP contribution in [-0.2, 0) is 4.79 Å². The van der Waals surface area contributed by atoms with Crippen LogP contribution >= 0.6 is 11.8 Å². The van der Waals surface area contributed by atoms with Crippen molar-refractivity contribution in [3.63, 3.8) is 0 Å². The molecule has 2 rings (SSSR count). The predicted molar refractivity (Wildman–Crippen MR) is 74.6 cm³/mol. The molecule has 1 aromatic carbocycles. The van der Waals surface area contributed by atoms with E-state index in [0.29, 0.717) is 5.56 Å². The highest BCUT2D eigenvalue weighted by molar-refractivity contribution is 8.00. The van der Waals surface area contributed by atoms with Crippen LogP contribution in [0, 0.1) is 18.3 Å². The summed E-state index contributed by atoms with van der Waals surface area (Å²) in [6.45, 7) is 1.94. The minimum Gasteiger partial charge on any atom is -0.325 e. The Kier molecular flexibility index (Phi) is 4.27. The van der Waals surface area contributed by atoms with Crippen molar-refractivity contribution in [2.75, 3.05) is 11.1 Å². The predicted octanol–water partition coefficient (Wildman–Crippen LogP) is 3.09. The first-order valence-electron chi connectivity index (χ1n) is 6.14. The molecule has 1 heterocycles. The Bertz CT molecular complexity index is 487. The van der Waals surface area contributed by atoms with Crippen LogP contribution in [0.25, 0.3) is 0 Å². The number of thioether (sulfide) groups is 1. The summed E-state index contributed by atoms with van der Waals surface area (Å²) in [6, 6.07) is 7.46. The van der Waals surface area contributed by atoms with E-state index in [4.69, 9.17) is 5.26 Å². The number of aryl methyl sites for hydroxylation is 1. The van der Waals surface area contributed by atoms with Crippen molar-refractivity contribution in [3.05, 3.63) is 29.3 Å². The molecule has 1 aromatic rings. The van der Waals surface area contributed by atoms with Crippen molar-refractivity contribution in [2.45, 2.75) is 31.4 Å². The first kappa shape index (κ1) is 13.0. The standard InChI is InChI=1S/C14H16N2OS/c1-10-5-6-11(9-15)8-12(10)16-14(17)13-4-2-3-7-18-13/h5-6,8,13H,2-4,7H2,1H3,(H,16,17). The molecule has 1 aliphatic heterocycles. The van der Waals surface area contributed by atoms with Crippen LogP contribution in [0.15, 0.2) is 18.2 Å². The molecule has 1 saturated heterocycles. The highest BCUT2D eigenvalue weighted by Crippen LogP contribution is 2.27. The van der Waals surface area contributed by atoms with Gasteiger partial charge in [-0.15, -0.1) is 11.8 Å². The zero-order valence-corrected chi connectivity index (χ0v) is 11.2. The van der Waals surface area contributed by atoms with Crippen LogP contribution in [0.1, 0.15) is 30.4 Å². The Morgan fingerprint density at radius 1 is 1.50 bits per heavy atom. The topological polar surface area (TPSA) is 52.9 Å². The van der Waals surface area contributed by atoms with Gasteiger partial charge >= 0.3 is 0 Å². The number of benzene rings is 1. The minimum atomic E-state index is 0.0592. The van der Waals surface area contributed by atoms with Gasteiger partial charge in [-0.25, -0.2) is 0 Å². The van der Waals surface area contributed by atoms with E-state index in [9.17, 15) is 4.79 Å². The Morgan fingerprint density at radius 2 is 2.33 bits per heavy atom. The number of rotatable bonds is 2. The minimum absolute atomic E-state index is 0.0592. The lowest BCUT2D eigenvalue weighted by atomic mass is 10.1. The van der Waals surface area contributed by atoms with E-state index in [0.717, 1.165) is 29.8 Å². The summed E-state index contributed by atoms with van der Waals surface area (Å²) in [5.41, 5.74) is 2.32. The van der Waals surface area contributed by atoms with E-state index in [1.54, 1.807) is 23.9 Å². The fraction of sp³-hybridized carbons (Fsp3) is 0.429. The number of anilines is 1. The SMILES string of the molecule is Cc1ccc(C#N)cc1NC(=O)C1CCCCS1. The number of nitrogens with one attached hydrogen (secondary N) is 1. The lowest BCUT2D eigenvalue weighted by molar-refractivity contribution is -0.115. The summed E-state index contributed by atoms with van der Waals surface area (Å²) >= 11 is 1.73. The van der Waals surface area contributed by atoms with Crippen LogP contribution in [0.5, 0.6) is 0 Å². The van der Waals surface area contributed by atoms with Crippen LogP contribution in [0.2, 0.25) is 0 Å². The summed E-state index contributed by atoms with van der Waals surface area (Å²) < 4.78 is 0. The van der Waals surface area contributed by atoms with E-state index < -0.39 is 0 Å². The normalized spacial score (nSPS) is 19.0. The van der Waals surface area contributed by atoms with Crippen molar-refractivity contribution in [3.8, 4) is 6.07 Å². The second kappa shape index (κ2) is 5.92. The summed E-state index contributed by atoms with van der Waals surface area (Å²) in [5.74, 6) is 1.13. The molecular formula is C14H16N2OS. The van der Waals surface area contributed by atoms with Gasteiger partial charge in [-0.1, -0.05) is 12.5 Å². The molecule has 94 valence electrons. The van der Waals surface area contributed by atoms with E-state index >= 15 is 0 Å². The molecule has 3 nitrogen and oxygen atoms in total. The third-order valence-corrected chi connectivity index (χ3v) is 4.47. The van der Waals surface area contributed by atoms with Crippen molar-refractivity contribution in [1.29, 1.82) is 5.26 Å². The molecule has 0 radical (unpaired) electrons. The van der Waals surface area contributed by atoms with Gasteiger partial charge in [0.1, 0.15) is 0 Å². The van der Waals surface area contributed by atoms with Gasteiger partial charge in [-0.2, -0.15) is 5.26 Å². The van der Waals surface area contributed by atoms with Crippen LogP contribution in [0.4, 0.5) is 5.69 Å². The molecule has 0 aliphatic carbocycles. The molecule has 4 heteroatoms. The van der Waals surface area contributed by atoms with E-state index in [2.05, 4.69) is 11.4 Å². The first-order chi connectivity index (χ1) is 8.70. The number of carbonyl (C=O) groups is 1. The Balaban J connectivity index is 2.08. The summed E-state index contributed by atoms with van der Waals surface area (Å²) in [7, 11) is 0. The van der Waals surface area contributed by atoms with Crippen molar-refractivity contribution in [1.82, 2.24) is 0 Å². The van der Waals surface area contributed by atoms with Crippen LogP contribution < -0.4 is 5.32 Å². The first-order valence-corrected chi connectivity index (χ1v) is 7.19. The number of hydrogen-bond acceptors (Lipinski definition) is 3. The van der Waals surface area contributed by atoms with Crippen molar-refractivity contribution < 1.29 is 4.79 Å². The monoisotopic (exact) mass is 260 g/mol. The van der Waals surface area contributed by atoms with Gasteiger partial charge in [0.25, 0.3) is 0 Å². The fourth-order valence-corrected chi connectivity index (χ4v) is 3.19. The van der Waals surface area contributed by atoms with Crippen LogP contribution in [0.3, 0.4) is 0 Å². The zero-order valence-electron chi connectivity index (χ0n) is 10.4. The molecule has 1 atom stereocenters. The molecule has 18 heavy (non-hydrogen) atoms. The second-order valence-corrected chi connectivity index (χ2v) is 5.80.